The highest BCUT2D eigenvalue weighted by Gasteiger charge is 2.15. The van der Waals surface area contributed by atoms with Gasteiger partial charge in [-0.3, -0.25) is 4.99 Å². The van der Waals surface area contributed by atoms with Crippen molar-refractivity contribution >= 4 is 61.1 Å². The van der Waals surface area contributed by atoms with Gasteiger partial charge in [0.2, 0.25) is 10.0 Å². The molecule has 0 saturated heterocycles. The zero-order valence-electron chi connectivity index (χ0n) is 16.0. The van der Waals surface area contributed by atoms with E-state index in [1.165, 1.54) is 17.6 Å². The summed E-state index contributed by atoms with van der Waals surface area (Å²) >= 11 is 1.22. The van der Waals surface area contributed by atoms with Crippen molar-refractivity contribution < 1.29 is 16.8 Å². The third-order valence-corrected chi connectivity index (χ3v) is 7.23. The third kappa shape index (κ3) is 11.2. The van der Waals surface area contributed by atoms with E-state index >= 15 is 0 Å². The molecule has 8 nitrogen and oxygen atoms in total. The van der Waals surface area contributed by atoms with Gasteiger partial charge in [0.25, 0.3) is 0 Å². The van der Waals surface area contributed by atoms with Gasteiger partial charge >= 0.3 is 0 Å². The standard InChI is InChI=1S/C15H28N4O4S3.HI/c1-5-16-15(19-12(2)8-11-25(4,20)21)17-9-10-18-26(22,23)14-7-6-13(3)24-14;/h6-7,12,18H,5,8-11H2,1-4H3,(H2,16,17,19);1H. The number of hydrogen-bond donors (Lipinski definition) is 3. The van der Waals surface area contributed by atoms with Gasteiger partial charge in [0.1, 0.15) is 14.0 Å². The van der Waals surface area contributed by atoms with E-state index in [-0.39, 0.29) is 48.9 Å². The van der Waals surface area contributed by atoms with E-state index in [1.54, 1.807) is 12.1 Å². The second-order valence-corrected chi connectivity index (χ2v) is 11.5. The van der Waals surface area contributed by atoms with Gasteiger partial charge in [-0.1, -0.05) is 0 Å². The van der Waals surface area contributed by atoms with Crippen molar-refractivity contribution in [2.45, 2.75) is 37.4 Å². The number of aliphatic imine (C=N–C) groups is 1. The minimum absolute atomic E-state index is 0. The molecule has 3 N–H and O–H groups in total. The van der Waals surface area contributed by atoms with Crippen molar-refractivity contribution in [3.05, 3.63) is 17.0 Å². The first kappa shape index (κ1) is 26.6. The number of thiophene rings is 1. The first-order valence-electron chi connectivity index (χ1n) is 8.32. The van der Waals surface area contributed by atoms with Crippen molar-refractivity contribution in [3.8, 4) is 0 Å². The van der Waals surface area contributed by atoms with Gasteiger partial charge in [0.05, 0.1) is 12.3 Å². The molecule has 0 bridgehead atoms. The molecular formula is C15H29IN4O4S3. The molecule has 0 radical (unpaired) electrons. The van der Waals surface area contributed by atoms with Gasteiger partial charge < -0.3 is 10.6 Å². The summed E-state index contributed by atoms with van der Waals surface area (Å²) in [5.41, 5.74) is 0. The minimum atomic E-state index is -3.51. The average molecular weight is 553 g/mol. The Bertz CT molecular complexity index is 807. The van der Waals surface area contributed by atoms with Crippen molar-refractivity contribution in [1.82, 2.24) is 15.4 Å². The number of guanidine groups is 1. The van der Waals surface area contributed by atoms with Crippen LogP contribution in [0, 0.1) is 6.92 Å². The lowest BCUT2D eigenvalue weighted by molar-refractivity contribution is 0.580. The minimum Gasteiger partial charge on any atom is -0.357 e. The van der Waals surface area contributed by atoms with Gasteiger partial charge in [-0.25, -0.2) is 21.6 Å². The smallest absolute Gasteiger partial charge is 0.250 e. The second-order valence-electron chi connectivity index (χ2n) is 5.99. The summed E-state index contributed by atoms with van der Waals surface area (Å²) in [5.74, 6) is 0.625. The number of halogens is 1. The molecule has 1 rings (SSSR count). The highest BCUT2D eigenvalue weighted by molar-refractivity contribution is 14.0. The molecule has 27 heavy (non-hydrogen) atoms. The molecule has 12 heteroatoms. The van der Waals surface area contributed by atoms with Crippen LogP contribution in [0.25, 0.3) is 0 Å². The van der Waals surface area contributed by atoms with E-state index in [2.05, 4.69) is 20.3 Å². The zero-order chi connectivity index (χ0) is 19.8. The van der Waals surface area contributed by atoms with Crippen LogP contribution in [0.1, 0.15) is 25.1 Å². The van der Waals surface area contributed by atoms with Crippen LogP contribution in [0.3, 0.4) is 0 Å². The summed E-state index contributed by atoms with van der Waals surface area (Å²) in [6, 6.07) is 3.27. The van der Waals surface area contributed by atoms with E-state index in [4.69, 9.17) is 0 Å². The van der Waals surface area contributed by atoms with E-state index in [9.17, 15) is 16.8 Å². The Morgan fingerprint density at radius 2 is 1.93 bits per heavy atom. The Kier molecular flexibility index (Phi) is 12.0. The van der Waals surface area contributed by atoms with Crippen LogP contribution in [0.5, 0.6) is 0 Å². The van der Waals surface area contributed by atoms with E-state index in [1.807, 2.05) is 20.8 Å². The molecule has 0 aliphatic heterocycles. The molecule has 1 aromatic heterocycles. The molecule has 0 amide bonds. The summed E-state index contributed by atoms with van der Waals surface area (Å²) in [7, 11) is -6.51. The van der Waals surface area contributed by atoms with Crippen LogP contribution in [0.4, 0.5) is 0 Å². The molecule has 1 aromatic rings. The summed E-state index contributed by atoms with van der Waals surface area (Å²) in [5, 5.41) is 6.18. The lowest BCUT2D eigenvalue weighted by Crippen LogP contribution is -2.43. The number of nitrogens with zero attached hydrogens (tertiary/aromatic N) is 1. The number of nitrogens with one attached hydrogen (secondary N) is 3. The first-order valence-corrected chi connectivity index (χ1v) is 12.7. The van der Waals surface area contributed by atoms with E-state index in [0.717, 1.165) is 4.88 Å². The Hall–Kier alpha value is -0.440. The van der Waals surface area contributed by atoms with Crippen LogP contribution < -0.4 is 15.4 Å². The first-order chi connectivity index (χ1) is 12.0. The largest absolute Gasteiger partial charge is 0.357 e. The molecule has 0 aromatic carbocycles. The fourth-order valence-electron chi connectivity index (χ4n) is 1.99. The monoisotopic (exact) mass is 552 g/mol. The molecule has 0 aliphatic carbocycles. The van der Waals surface area contributed by atoms with Crippen LogP contribution in [0.2, 0.25) is 0 Å². The van der Waals surface area contributed by atoms with E-state index in [0.29, 0.717) is 23.1 Å². The highest BCUT2D eigenvalue weighted by atomic mass is 127. The maximum Gasteiger partial charge on any atom is 0.250 e. The van der Waals surface area contributed by atoms with Crippen LogP contribution in [0.15, 0.2) is 21.3 Å². The predicted molar refractivity (Wildman–Crippen MR) is 123 cm³/mol. The number of sulfonamides is 1. The van der Waals surface area contributed by atoms with Gasteiger partial charge in [-0.15, -0.1) is 35.3 Å². The van der Waals surface area contributed by atoms with Gasteiger partial charge in [-0.2, -0.15) is 0 Å². The van der Waals surface area contributed by atoms with Crippen LogP contribution >= 0.6 is 35.3 Å². The van der Waals surface area contributed by atoms with Gasteiger partial charge in [0.15, 0.2) is 5.96 Å². The molecular weight excluding hydrogens is 523 g/mol. The topological polar surface area (TPSA) is 117 Å². The Labute approximate surface area is 183 Å². The van der Waals surface area contributed by atoms with Crippen molar-refractivity contribution in [2.24, 2.45) is 4.99 Å². The Morgan fingerprint density at radius 1 is 1.26 bits per heavy atom. The molecule has 0 spiro atoms. The van der Waals surface area contributed by atoms with Crippen molar-refractivity contribution in [2.75, 3.05) is 31.6 Å². The number of rotatable bonds is 10. The SMILES string of the molecule is CCNC(=NCCNS(=O)(=O)c1ccc(C)s1)NC(C)CCS(C)(=O)=O.I. The molecule has 1 unspecified atom stereocenters. The predicted octanol–water partition coefficient (Wildman–Crippen LogP) is 1.33. The molecule has 1 atom stereocenters. The maximum absolute atomic E-state index is 12.1. The summed E-state index contributed by atoms with van der Waals surface area (Å²) in [6.45, 7) is 6.73. The molecule has 0 saturated carbocycles. The molecule has 1 heterocycles. The molecule has 0 fully saturated rings. The second kappa shape index (κ2) is 12.2. The number of aryl methyl sites for hydroxylation is 1. The van der Waals surface area contributed by atoms with Gasteiger partial charge in [-0.05, 0) is 39.3 Å². The van der Waals surface area contributed by atoms with Gasteiger partial charge in [0, 0.05) is 30.3 Å². The van der Waals surface area contributed by atoms with Crippen LogP contribution in [-0.2, 0) is 19.9 Å². The lowest BCUT2D eigenvalue weighted by Gasteiger charge is -2.17. The average Bonchev–Trinajstić information content (AvgIpc) is 2.96. The normalized spacial score (nSPS) is 13.7. The van der Waals surface area contributed by atoms with Crippen LogP contribution in [-0.4, -0.2) is 60.5 Å². The number of sulfone groups is 1. The van der Waals surface area contributed by atoms with E-state index < -0.39 is 19.9 Å². The summed E-state index contributed by atoms with van der Waals surface area (Å²) < 4.78 is 49.6. The quantitative estimate of drug-likeness (QED) is 0.175. The Balaban J connectivity index is 0.00000676. The third-order valence-electron chi connectivity index (χ3n) is 3.30. The summed E-state index contributed by atoms with van der Waals surface area (Å²) in [6.07, 6.45) is 1.67. The fraction of sp³-hybridized carbons (Fsp3) is 0.667. The van der Waals surface area contributed by atoms with Crippen molar-refractivity contribution in [3.63, 3.8) is 0 Å². The molecule has 158 valence electrons. The Morgan fingerprint density at radius 3 is 2.44 bits per heavy atom. The summed E-state index contributed by atoms with van der Waals surface area (Å²) in [4.78, 5) is 5.26. The molecule has 0 aliphatic rings. The fourth-order valence-corrected chi connectivity index (χ4v) is 5.12. The number of hydrogen-bond acceptors (Lipinski definition) is 6. The zero-order valence-corrected chi connectivity index (χ0v) is 20.8. The van der Waals surface area contributed by atoms with Crippen molar-refractivity contribution in [1.29, 1.82) is 0 Å². The highest BCUT2D eigenvalue weighted by Crippen LogP contribution is 2.19. The maximum atomic E-state index is 12.1. The lowest BCUT2D eigenvalue weighted by atomic mass is 10.3.